The van der Waals surface area contributed by atoms with Crippen LogP contribution in [0.1, 0.15) is 49.3 Å². The van der Waals surface area contributed by atoms with Gasteiger partial charge < -0.3 is 10.5 Å². The van der Waals surface area contributed by atoms with Gasteiger partial charge in [-0.25, -0.2) is 4.39 Å². The Labute approximate surface area is 121 Å². The van der Waals surface area contributed by atoms with Crippen LogP contribution in [0, 0.1) is 5.82 Å². The lowest BCUT2D eigenvalue weighted by atomic mass is 9.77. The van der Waals surface area contributed by atoms with Gasteiger partial charge in [0.2, 0.25) is 0 Å². The fourth-order valence-electron chi connectivity index (χ4n) is 3.05. The average Bonchev–Trinajstić information content (AvgIpc) is 2.45. The van der Waals surface area contributed by atoms with E-state index in [0.29, 0.717) is 5.56 Å². The van der Waals surface area contributed by atoms with Gasteiger partial charge in [0.1, 0.15) is 5.82 Å². The maximum absolute atomic E-state index is 13.7. The number of hydrogen-bond acceptors (Lipinski definition) is 2. The maximum Gasteiger partial charge on any atom is 0.419 e. The van der Waals surface area contributed by atoms with Crippen molar-refractivity contribution < 1.29 is 22.3 Å². The standard InChI is InChI=1S/C15H19F4NO/c1-21-14(7-3-2-4-8-14)13(20)10-5-6-11(12(16)9-10)15(17,18)19/h5-6,9,13H,2-4,7-8,20H2,1H3. The normalized spacial score (nSPS) is 20.3. The van der Waals surface area contributed by atoms with Crippen molar-refractivity contribution in [2.75, 3.05) is 7.11 Å². The Balaban J connectivity index is 2.31. The van der Waals surface area contributed by atoms with Gasteiger partial charge in [0.25, 0.3) is 0 Å². The van der Waals surface area contributed by atoms with E-state index in [1.165, 1.54) is 6.07 Å². The van der Waals surface area contributed by atoms with Crippen LogP contribution in [0.15, 0.2) is 18.2 Å². The molecule has 0 spiro atoms. The Morgan fingerprint density at radius 3 is 2.29 bits per heavy atom. The second-order valence-electron chi connectivity index (χ2n) is 5.54. The van der Waals surface area contributed by atoms with E-state index in [2.05, 4.69) is 0 Å². The summed E-state index contributed by atoms with van der Waals surface area (Å²) in [4.78, 5) is 0. The quantitative estimate of drug-likeness (QED) is 0.850. The van der Waals surface area contributed by atoms with E-state index in [0.717, 1.165) is 44.2 Å². The summed E-state index contributed by atoms with van der Waals surface area (Å²) in [5.74, 6) is -1.29. The molecular weight excluding hydrogens is 286 g/mol. The van der Waals surface area contributed by atoms with Crippen LogP contribution in [0.2, 0.25) is 0 Å². The molecular formula is C15H19F4NO. The summed E-state index contributed by atoms with van der Waals surface area (Å²) in [6, 6.07) is 2.23. The van der Waals surface area contributed by atoms with E-state index in [1.807, 2.05) is 0 Å². The van der Waals surface area contributed by atoms with E-state index in [9.17, 15) is 17.6 Å². The number of halogens is 4. The molecule has 1 saturated carbocycles. The molecule has 0 bridgehead atoms. The van der Waals surface area contributed by atoms with Crippen molar-refractivity contribution >= 4 is 0 Å². The van der Waals surface area contributed by atoms with Crippen molar-refractivity contribution in [2.45, 2.75) is 49.9 Å². The molecule has 0 amide bonds. The highest BCUT2D eigenvalue weighted by Gasteiger charge is 2.40. The van der Waals surface area contributed by atoms with Crippen LogP contribution in [-0.2, 0) is 10.9 Å². The third-order valence-electron chi connectivity index (χ3n) is 4.33. The number of hydrogen-bond donors (Lipinski definition) is 1. The topological polar surface area (TPSA) is 35.2 Å². The molecule has 2 N–H and O–H groups in total. The monoisotopic (exact) mass is 305 g/mol. The third kappa shape index (κ3) is 3.21. The second kappa shape index (κ2) is 5.93. The van der Waals surface area contributed by atoms with Crippen molar-refractivity contribution in [3.8, 4) is 0 Å². The number of nitrogens with two attached hydrogens (primary N) is 1. The molecule has 1 fully saturated rings. The smallest absolute Gasteiger partial charge is 0.376 e. The van der Waals surface area contributed by atoms with Gasteiger partial charge in [0.15, 0.2) is 0 Å². The predicted octanol–water partition coefficient (Wildman–Crippen LogP) is 4.19. The van der Waals surface area contributed by atoms with Crippen LogP contribution in [0.4, 0.5) is 17.6 Å². The molecule has 1 unspecified atom stereocenters. The summed E-state index contributed by atoms with van der Waals surface area (Å²) in [6.45, 7) is 0. The first-order valence-electron chi connectivity index (χ1n) is 6.97. The van der Waals surface area contributed by atoms with Gasteiger partial charge in [0, 0.05) is 7.11 Å². The molecule has 0 radical (unpaired) electrons. The zero-order valence-electron chi connectivity index (χ0n) is 11.8. The molecule has 118 valence electrons. The van der Waals surface area contributed by atoms with Gasteiger partial charge >= 0.3 is 6.18 Å². The fourth-order valence-corrected chi connectivity index (χ4v) is 3.05. The Morgan fingerprint density at radius 2 is 1.81 bits per heavy atom. The fraction of sp³-hybridized carbons (Fsp3) is 0.600. The van der Waals surface area contributed by atoms with Crippen LogP contribution in [0.5, 0.6) is 0 Å². The van der Waals surface area contributed by atoms with E-state index in [1.54, 1.807) is 7.11 Å². The van der Waals surface area contributed by atoms with Gasteiger partial charge in [-0.1, -0.05) is 25.3 Å². The molecule has 21 heavy (non-hydrogen) atoms. The highest BCUT2D eigenvalue weighted by Crippen LogP contribution is 2.41. The first-order valence-corrected chi connectivity index (χ1v) is 6.97. The lowest BCUT2D eigenvalue weighted by Gasteiger charge is -2.41. The van der Waals surface area contributed by atoms with E-state index in [-0.39, 0.29) is 0 Å². The molecule has 0 aliphatic heterocycles. The Morgan fingerprint density at radius 1 is 1.19 bits per heavy atom. The summed E-state index contributed by atoms with van der Waals surface area (Å²) < 4.78 is 57.0. The number of ether oxygens (including phenoxy) is 1. The summed E-state index contributed by atoms with van der Waals surface area (Å²) in [5.41, 5.74) is 4.62. The maximum atomic E-state index is 13.7. The summed E-state index contributed by atoms with van der Waals surface area (Å²) in [6.07, 6.45) is -0.258. The first-order chi connectivity index (χ1) is 9.80. The Bertz CT molecular complexity index is 495. The summed E-state index contributed by atoms with van der Waals surface area (Å²) >= 11 is 0. The summed E-state index contributed by atoms with van der Waals surface area (Å²) in [7, 11) is 1.55. The predicted molar refractivity (Wildman–Crippen MR) is 71.2 cm³/mol. The van der Waals surface area contributed by atoms with Crippen LogP contribution in [0.25, 0.3) is 0 Å². The molecule has 2 nitrogen and oxygen atoms in total. The van der Waals surface area contributed by atoms with Gasteiger partial charge in [-0.05, 0) is 30.5 Å². The molecule has 1 atom stereocenters. The molecule has 1 aromatic carbocycles. The average molecular weight is 305 g/mol. The van der Waals surface area contributed by atoms with Crippen LogP contribution in [0.3, 0.4) is 0 Å². The van der Waals surface area contributed by atoms with E-state index in [4.69, 9.17) is 10.5 Å². The largest absolute Gasteiger partial charge is 0.419 e. The Hall–Kier alpha value is -1.14. The minimum absolute atomic E-state index is 0.337. The SMILES string of the molecule is COC1(C(N)c2ccc(C(F)(F)F)c(F)c2)CCCCC1. The molecule has 0 saturated heterocycles. The van der Waals surface area contributed by atoms with E-state index >= 15 is 0 Å². The van der Waals surface area contributed by atoms with Gasteiger partial charge in [-0.2, -0.15) is 13.2 Å². The van der Waals surface area contributed by atoms with Gasteiger partial charge in [-0.3, -0.25) is 0 Å². The number of alkyl halides is 3. The van der Waals surface area contributed by atoms with Crippen LogP contribution in [-0.4, -0.2) is 12.7 Å². The molecule has 1 aliphatic carbocycles. The molecule has 1 aliphatic rings. The van der Waals surface area contributed by atoms with Gasteiger partial charge in [0.05, 0.1) is 17.2 Å². The lowest BCUT2D eigenvalue weighted by molar-refractivity contribution is -0.140. The Kier molecular flexibility index (Phi) is 4.58. The van der Waals surface area contributed by atoms with Crippen molar-refractivity contribution in [3.63, 3.8) is 0 Å². The van der Waals surface area contributed by atoms with Crippen LogP contribution < -0.4 is 5.73 Å². The third-order valence-corrected chi connectivity index (χ3v) is 4.33. The van der Waals surface area contributed by atoms with Crippen molar-refractivity contribution in [1.82, 2.24) is 0 Å². The van der Waals surface area contributed by atoms with Crippen molar-refractivity contribution in [1.29, 1.82) is 0 Å². The van der Waals surface area contributed by atoms with Gasteiger partial charge in [-0.15, -0.1) is 0 Å². The number of benzene rings is 1. The zero-order chi connectivity index (χ0) is 15.7. The summed E-state index contributed by atoms with van der Waals surface area (Å²) in [5, 5.41) is 0. The first kappa shape index (κ1) is 16.2. The van der Waals surface area contributed by atoms with Crippen molar-refractivity contribution in [3.05, 3.63) is 35.1 Å². The van der Waals surface area contributed by atoms with E-state index < -0.39 is 29.2 Å². The second-order valence-corrected chi connectivity index (χ2v) is 5.54. The van der Waals surface area contributed by atoms with Crippen LogP contribution >= 0.6 is 0 Å². The molecule has 2 rings (SSSR count). The minimum atomic E-state index is -4.70. The number of rotatable bonds is 3. The minimum Gasteiger partial charge on any atom is -0.376 e. The highest BCUT2D eigenvalue weighted by molar-refractivity contribution is 5.30. The molecule has 0 aromatic heterocycles. The lowest BCUT2D eigenvalue weighted by Crippen LogP contribution is -2.44. The molecule has 0 heterocycles. The molecule has 6 heteroatoms. The highest BCUT2D eigenvalue weighted by atomic mass is 19.4. The number of methoxy groups -OCH3 is 1. The van der Waals surface area contributed by atoms with Crippen molar-refractivity contribution in [2.24, 2.45) is 5.73 Å². The zero-order valence-corrected chi connectivity index (χ0v) is 11.8. The molecule has 1 aromatic rings.